The molecule has 0 amide bonds. The average Bonchev–Trinajstić information content (AvgIpc) is 2.74. The fourth-order valence-corrected chi connectivity index (χ4v) is 17.4. The third-order valence-corrected chi connectivity index (χ3v) is 21.9. The van der Waals surface area contributed by atoms with Crippen molar-refractivity contribution in [3.05, 3.63) is 99.1 Å². The van der Waals surface area contributed by atoms with E-state index in [9.17, 15) is 40.2 Å². The molecule has 0 radical (unpaired) electrons. The van der Waals surface area contributed by atoms with Crippen molar-refractivity contribution in [3.63, 3.8) is 0 Å². The van der Waals surface area contributed by atoms with Crippen LogP contribution in [0.2, 0.25) is 0 Å². The zero-order valence-electron chi connectivity index (χ0n) is 48.1. The first-order valence-electron chi connectivity index (χ1n) is 31.6. The van der Waals surface area contributed by atoms with Crippen molar-refractivity contribution in [3.8, 4) is 23.3 Å². The van der Waals surface area contributed by atoms with Gasteiger partial charge in [-0.15, -0.1) is 0 Å². The van der Waals surface area contributed by atoms with E-state index in [2.05, 4.69) is 23.2 Å². The number of rotatable bonds is 10. The molecule has 9 aliphatic rings. The van der Waals surface area contributed by atoms with E-state index in [-0.39, 0.29) is 105 Å². The molecule has 10 bridgehead atoms. The predicted octanol–water partition coefficient (Wildman–Crippen LogP) is 10.3. The van der Waals surface area contributed by atoms with Crippen LogP contribution in [0.3, 0.4) is 0 Å². The number of benzene rings is 3. The molecule has 0 aromatic heterocycles. The number of carbonyl (C=O) groups is 3. The van der Waals surface area contributed by atoms with Crippen LogP contribution in [-0.4, -0.2) is 97.1 Å². The summed E-state index contributed by atoms with van der Waals surface area (Å²) in [7, 11) is 0. The first kappa shape index (κ1) is 57.4. The number of anilines is 1. The van der Waals surface area contributed by atoms with E-state index in [0.29, 0.717) is 57.5 Å². The molecular weight excluding hydrogens is 1030 g/mol. The highest BCUT2D eigenvalue weighted by Gasteiger charge is 2.62. The number of phenols is 1. The topological polar surface area (TPSA) is 212 Å². The van der Waals surface area contributed by atoms with Gasteiger partial charge in [0.2, 0.25) is 0 Å². The van der Waals surface area contributed by atoms with Crippen molar-refractivity contribution in [1.82, 2.24) is 0 Å². The number of aliphatic hydroxyl groups excluding tert-OH is 3. The van der Waals surface area contributed by atoms with Gasteiger partial charge in [0, 0.05) is 60.0 Å². The highest BCUT2D eigenvalue weighted by atomic mass is 16.6. The quantitative estimate of drug-likeness (QED) is 0.0573. The standard InChI is InChI=1S/C69H87NO12/c1-67(78,60(74)39-80-53-20-24-68(25-21-53)22-7-8-23-68)40-70-51-28-43(38-71)27-48(32-51)45-16-17-46-37-62(75)82-65-54(46)35-49(64(76)63(65)44-12-3-2-4-13-44)36-61-69(79)57-15-6-5-14-47(57)34-55-56(59(73)19-18-58(55)69)30-42-11-9-10-41(26-42)29-52(72)33-50(31-45)66(77)81-61/h9-11,26-28,32-33,35,44-47,52-53,55-58,60-61,70-72,74,76,78-79H,2-8,12-15,18-25,29-31,34,36-40H2,1H3/b50-33-/t45-,46+,47-,52+,55+,56-,57+,58+,60+,61+,67+,69-/m0/s1. The van der Waals surface area contributed by atoms with Crippen molar-refractivity contribution in [1.29, 1.82) is 0 Å². The fraction of sp³-hybridized carbons (Fsp3) is 0.638. The van der Waals surface area contributed by atoms with Crippen LogP contribution in [0.1, 0.15) is 205 Å². The van der Waals surface area contributed by atoms with E-state index < -0.39 is 59.2 Å². The van der Waals surface area contributed by atoms with Crippen LogP contribution in [-0.2, 0) is 49.7 Å². The Morgan fingerprint density at radius 1 is 0.817 bits per heavy atom. The Bertz CT molecular complexity index is 2970. The number of ether oxygens (including phenoxy) is 3. The second kappa shape index (κ2) is 23.8. The minimum Gasteiger partial charge on any atom is -0.507 e. The first-order chi connectivity index (χ1) is 39.6. The summed E-state index contributed by atoms with van der Waals surface area (Å²) in [5.74, 6) is 3.52. The average molecular weight is 1120 g/mol. The highest BCUT2D eigenvalue weighted by Crippen LogP contribution is 2.60. The Kier molecular flexibility index (Phi) is 16.6. The largest absolute Gasteiger partial charge is 0.507 e. The van der Waals surface area contributed by atoms with Gasteiger partial charge >= 0.3 is 11.9 Å². The molecule has 440 valence electrons. The van der Waals surface area contributed by atoms with Gasteiger partial charge in [-0.2, -0.15) is 0 Å². The second-order valence-electron chi connectivity index (χ2n) is 27.2. The zero-order chi connectivity index (χ0) is 56.9. The number of nitrogens with one attached hydrogen (secondary N) is 1. The number of aromatic hydroxyl groups is 1. The van der Waals surface area contributed by atoms with Crippen molar-refractivity contribution >= 4 is 23.4 Å². The van der Waals surface area contributed by atoms with Gasteiger partial charge in [0.15, 0.2) is 0 Å². The number of ketones is 1. The number of Topliss-reactive ketones (excluding diaryl/α,β-unsaturated/α-hetero) is 1. The summed E-state index contributed by atoms with van der Waals surface area (Å²) < 4.78 is 19.5. The Hall–Kier alpha value is -5.07. The first-order valence-corrected chi connectivity index (χ1v) is 31.6. The maximum atomic E-state index is 15.8. The molecular formula is C69H87NO12. The molecule has 3 heterocycles. The maximum Gasteiger partial charge on any atom is 0.334 e. The van der Waals surface area contributed by atoms with Crippen LogP contribution in [0.25, 0.3) is 0 Å². The maximum absolute atomic E-state index is 15.8. The summed E-state index contributed by atoms with van der Waals surface area (Å²) in [6.45, 7) is 1.14. The number of esters is 2. The third-order valence-electron chi connectivity index (χ3n) is 21.9. The lowest BCUT2D eigenvalue weighted by Crippen LogP contribution is -2.65. The lowest BCUT2D eigenvalue weighted by Gasteiger charge is -2.59. The smallest absolute Gasteiger partial charge is 0.334 e. The second-order valence-corrected chi connectivity index (χ2v) is 27.2. The van der Waals surface area contributed by atoms with E-state index in [4.69, 9.17) is 14.2 Å². The number of phenolic OH excluding ortho intramolecular Hbond substituents is 1. The van der Waals surface area contributed by atoms with Gasteiger partial charge in [0.05, 0.1) is 37.8 Å². The minimum atomic E-state index is -1.62. The normalized spacial score (nSPS) is 33.0. The molecule has 1 spiro atoms. The number of hydrogen-bond acceptors (Lipinski definition) is 13. The van der Waals surface area contributed by atoms with Crippen LogP contribution in [0, 0.1) is 46.8 Å². The molecule has 6 aliphatic carbocycles. The van der Waals surface area contributed by atoms with Crippen molar-refractivity contribution in [2.45, 2.75) is 227 Å². The Balaban J connectivity index is 0.954. The van der Waals surface area contributed by atoms with Crippen molar-refractivity contribution in [2.24, 2.45) is 35.0 Å². The monoisotopic (exact) mass is 1120 g/mol. The summed E-state index contributed by atoms with van der Waals surface area (Å²) in [4.78, 5) is 44.1. The molecule has 13 nitrogen and oxygen atoms in total. The van der Waals surface area contributed by atoms with Crippen LogP contribution in [0.5, 0.6) is 11.5 Å². The lowest BCUT2D eigenvalue weighted by molar-refractivity contribution is -0.228. The number of aliphatic hydroxyl groups is 5. The number of carbonyl (C=O) groups excluding carboxylic acids is 3. The van der Waals surface area contributed by atoms with Crippen molar-refractivity contribution < 1.29 is 59.2 Å². The van der Waals surface area contributed by atoms with E-state index in [1.54, 1.807) is 19.1 Å². The van der Waals surface area contributed by atoms with Gasteiger partial charge in [0.25, 0.3) is 0 Å². The van der Waals surface area contributed by atoms with Crippen LogP contribution < -0.4 is 10.1 Å². The molecule has 6 fully saturated rings. The molecule has 12 atom stereocenters. The molecule has 3 aromatic carbocycles. The fourth-order valence-electron chi connectivity index (χ4n) is 17.4. The third kappa shape index (κ3) is 11.6. The van der Waals surface area contributed by atoms with Gasteiger partial charge in [-0.05, 0) is 177 Å². The molecule has 0 unspecified atom stereocenters. The molecule has 7 N–H and O–H groups in total. The number of hydrogen-bond donors (Lipinski definition) is 7. The Labute approximate surface area is 484 Å². The molecule has 82 heavy (non-hydrogen) atoms. The zero-order valence-corrected chi connectivity index (χ0v) is 48.1. The van der Waals surface area contributed by atoms with Gasteiger partial charge in [0.1, 0.15) is 40.7 Å². The Morgan fingerprint density at radius 3 is 2.34 bits per heavy atom. The molecule has 0 saturated heterocycles. The van der Waals surface area contributed by atoms with E-state index in [1.165, 1.54) is 25.7 Å². The van der Waals surface area contributed by atoms with Crippen LogP contribution in [0.15, 0.2) is 60.2 Å². The molecule has 12 rings (SSSR count). The van der Waals surface area contributed by atoms with Gasteiger partial charge in [-0.25, -0.2) is 4.79 Å². The molecule has 6 saturated carbocycles. The van der Waals surface area contributed by atoms with Gasteiger partial charge in [-0.3, -0.25) is 9.59 Å². The summed E-state index contributed by atoms with van der Waals surface area (Å²) >= 11 is 0. The Morgan fingerprint density at radius 2 is 1.56 bits per heavy atom. The molecule has 3 aromatic rings. The number of fused-ring (bicyclic) bond motifs is 9. The molecule has 13 heteroatoms. The van der Waals surface area contributed by atoms with Crippen molar-refractivity contribution in [2.75, 3.05) is 18.5 Å². The summed E-state index contributed by atoms with van der Waals surface area (Å²) in [5.41, 5.74) is 2.51. The SMILES string of the molecule is C[C@@](O)(CNc1cc(CO)cc([C@H]2C#C[C@@H]3CC(=O)Oc4c3cc(c(O)c4C3CCCCC3)C[C@H]3OC(=O)/C(=C\[C@H](O)Cc4cccc(c4)C[C@@H]4C(=O)CC[C@@H]5[C@@H]4C[C@@H]4CCCC[C@H]4[C@]53O)C2)c1)[C@H](O)COC1CCC2(CCCC2)CC1. The summed E-state index contributed by atoms with van der Waals surface area (Å²) in [5, 5.41) is 76.7. The minimum absolute atomic E-state index is 0.0174. The summed E-state index contributed by atoms with van der Waals surface area (Å²) in [6, 6.07) is 15.3. The predicted molar refractivity (Wildman–Crippen MR) is 310 cm³/mol. The van der Waals surface area contributed by atoms with Gasteiger partial charge in [-0.1, -0.05) is 93.5 Å². The van der Waals surface area contributed by atoms with Gasteiger partial charge < -0.3 is 50.2 Å². The van der Waals surface area contributed by atoms with E-state index in [0.717, 1.165) is 101 Å². The highest BCUT2D eigenvalue weighted by molar-refractivity contribution is 5.89. The van der Waals surface area contributed by atoms with Crippen LogP contribution in [0.4, 0.5) is 5.69 Å². The molecule has 3 aliphatic heterocycles. The summed E-state index contributed by atoms with van der Waals surface area (Å²) in [6.07, 6.45) is 17.3. The van der Waals surface area contributed by atoms with E-state index in [1.807, 2.05) is 36.4 Å². The lowest BCUT2D eigenvalue weighted by atomic mass is 9.48. The van der Waals surface area contributed by atoms with Crippen LogP contribution >= 0.6 is 0 Å². The van der Waals surface area contributed by atoms with E-state index >= 15 is 4.79 Å².